The molecular weight excluding hydrogens is 382 g/mol. The summed E-state index contributed by atoms with van der Waals surface area (Å²) in [5.41, 5.74) is 0.0161. The lowest BCUT2D eigenvalue weighted by Crippen LogP contribution is -2.54. The number of nitrogens with one attached hydrogen (secondary N) is 2. The second kappa shape index (κ2) is 8.28. The Morgan fingerprint density at radius 2 is 1.93 bits per heavy atom. The van der Waals surface area contributed by atoms with E-state index in [9.17, 15) is 14.4 Å². The maximum atomic E-state index is 13.2. The fourth-order valence-electron chi connectivity index (χ4n) is 5.29. The molecule has 30 heavy (non-hydrogen) atoms. The van der Waals surface area contributed by atoms with E-state index in [-0.39, 0.29) is 29.8 Å². The number of imide groups is 1. The molecule has 1 saturated heterocycles. The third-order valence-corrected chi connectivity index (χ3v) is 6.19. The quantitative estimate of drug-likeness (QED) is 0.697. The summed E-state index contributed by atoms with van der Waals surface area (Å²) in [6.45, 7) is 8.06. The van der Waals surface area contributed by atoms with E-state index in [1.165, 1.54) is 0 Å². The van der Waals surface area contributed by atoms with Gasteiger partial charge < -0.3 is 15.4 Å². The lowest BCUT2D eigenvalue weighted by Gasteiger charge is -2.43. The van der Waals surface area contributed by atoms with Crippen LogP contribution in [0.1, 0.15) is 65.0 Å². The number of urea groups is 1. The van der Waals surface area contributed by atoms with E-state index in [1.54, 1.807) is 7.11 Å². The first kappa shape index (κ1) is 22.1. The zero-order valence-corrected chi connectivity index (χ0v) is 18.6. The lowest BCUT2D eigenvalue weighted by molar-refractivity contribution is -0.137. The molecule has 0 radical (unpaired) electrons. The average Bonchev–Trinajstić information content (AvgIpc) is 2.87. The third-order valence-electron chi connectivity index (χ3n) is 6.19. The van der Waals surface area contributed by atoms with Gasteiger partial charge in [0.05, 0.1) is 13.2 Å². The van der Waals surface area contributed by atoms with Gasteiger partial charge in [0.15, 0.2) is 0 Å². The van der Waals surface area contributed by atoms with E-state index in [2.05, 4.69) is 31.4 Å². The Morgan fingerprint density at radius 1 is 1.27 bits per heavy atom. The zero-order chi connectivity index (χ0) is 22.1. The molecule has 0 unspecified atom stereocenters. The van der Waals surface area contributed by atoms with Gasteiger partial charge in [-0.3, -0.25) is 14.5 Å². The monoisotopic (exact) mass is 415 g/mol. The van der Waals surface area contributed by atoms with Crippen LogP contribution in [0.2, 0.25) is 0 Å². The van der Waals surface area contributed by atoms with Gasteiger partial charge in [0.25, 0.3) is 5.91 Å². The number of carbonyl (C=O) groups excluding carboxylic acids is 3. The van der Waals surface area contributed by atoms with Gasteiger partial charge in [-0.25, -0.2) is 4.79 Å². The first-order chi connectivity index (χ1) is 14.1. The van der Waals surface area contributed by atoms with Crippen molar-refractivity contribution in [2.75, 3.05) is 13.7 Å². The number of benzene rings is 1. The summed E-state index contributed by atoms with van der Waals surface area (Å²) >= 11 is 0. The topological polar surface area (TPSA) is 87.7 Å². The molecule has 3 atom stereocenters. The van der Waals surface area contributed by atoms with Crippen LogP contribution in [0.25, 0.3) is 0 Å². The summed E-state index contributed by atoms with van der Waals surface area (Å²) in [4.78, 5) is 39.6. The molecule has 0 aromatic heterocycles. The van der Waals surface area contributed by atoms with Crippen LogP contribution < -0.4 is 15.4 Å². The van der Waals surface area contributed by atoms with E-state index < -0.39 is 11.6 Å². The molecule has 164 valence electrons. The lowest BCUT2D eigenvalue weighted by atomic mass is 9.64. The Hall–Kier alpha value is -2.57. The molecule has 1 heterocycles. The van der Waals surface area contributed by atoms with Crippen LogP contribution in [0.5, 0.6) is 5.75 Å². The van der Waals surface area contributed by atoms with Crippen molar-refractivity contribution in [3.8, 4) is 5.75 Å². The second-order valence-corrected chi connectivity index (χ2v) is 9.56. The number of rotatable bonds is 6. The van der Waals surface area contributed by atoms with Crippen molar-refractivity contribution in [2.45, 2.75) is 65.0 Å². The molecule has 1 aliphatic heterocycles. The van der Waals surface area contributed by atoms with Gasteiger partial charge in [0, 0.05) is 0 Å². The smallest absolute Gasteiger partial charge is 0.325 e. The SMILES string of the molecule is CC[C@H](NC(=O)CN1C(=O)N[C@]2(C[C@H](C)CC(C)(C)C2)C1=O)c1ccc(OC)cc1. The van der Waals surface area contributed by atoms with Crippen LogP contribution in [0.15, 0.2) is 24.3 Å². The molecule has 1 aliphatic carbocycles. The Bertz CT molecular complexity index is 820. The largest absolute Gasteiger partial charge is 0.497 e. The van der Waals surface area contributed by atoms with Crippen LogP contribution in [-0.4, -0.2) is 41.9 Å². The van der Waals surface area contributed by atoms with Gasteiger partial charge in [-0.2, -0.15) is 0 Å². The summed E-state index contributed by atoms with van der Waals surface area (Å²) in [6, 6.07) is 6.82. The zero-order valence-electron chi connectivity index (χ0n) is 18.6. The van der Waals surface area contributed by atoms with Crippen molar-refractivity contribution >= 4 is 17.8 Å². The highest BCUT2D eigenvalue weighted by Crippen LogP contribution is 2.46. The molecule has 1 aromatic rings. The van der Waals surface area contributed by atoms with E-state index in [4.69, 9.17) is 4.74 Å². The maximum Gasteiger partial charge on any atom is 0.325 e. The predicted molar refractivity (Wildman–Crippen MR) is 114 cm³/mol. The van der Waals surface area contributed by atoms with E-state index in [0.29, 0.717) is 25.2 Å². The highest BCUT2D eigenvalue weighted by molar-refractivity contribution is 6.09. The third kappa shape index (κ3) is 4.45. The van der Waals surface area contributed by atoms with E-state index >= 15 is 0 Å². The standard InChI is InChI=1S/C23H33N3O4/c1-6-18(16-7-9-17(30-5)10-8-16)24-19(27)13-26-20(28)23(25-21(26)29)12-15(2)11-22(3,4)14-23/h7-10,15,18H,6,11-14H2,1-5H3,(H,24,27)(H,25,29)/t15-,18+,23+/m1/s1. The molecular formula is C23H33N3O4. The fraction of sp³-hybridized carbons (Fsp3) is 0.609. The molecule has 2 aliphatic rings. The van der Waals surface area contributed by atoms with Gasteiger partial charge in [0.1, 0.15) is 17.8 Å². The van der Waals surface area contributed by atoms with Crippen molar-refractivity contribution in [1.29, 1.82) is 0 Å². The molecule has 0 bridgehead atoms. The van der Waals surface area contributed by atoms with Gasteiger partial charge in [-0.05, 0) is 54.7 Å². The number of hydrogen-bond acceptors (Lipinski definition) is 4. The van der Waals surface area contributed by atoms with Crippen LogP contribution in [-0.2, 0) is 9.59 Å². The molecule has 1 aromatic carbocycles. The van der Waals surface area contributed by atoms with Crippen LogP contribution >= 0.6 is 0 Å². The number of ether oxygens (including phenoxy) is 1. The number of nitrogens with zero attached hydrogens (tertiary/aromatic N) is 1. The van der Waals surface area contributed by atoms with Crippen LogP contribution in [0, 0.1) is 11.3 Å². The number of methoxy groups -OCH3 is 1. The van der Waals surface area contributed by atoms with Gasteiger partial charge in [-0.15, -0.1) is 0 Å². The molecule has 7 nitrogen and oxygen atoms in total. The average molecular weight is 416 g/mol. The minimum absolute atomic E-state index is 0.0411. The summed E-state index contributed by atoms with van der Waals surface area (Å²) in [6.07, 6.45) is 2.91. The highest BCUT2D eigenvalue weighted by atomic mass is 16.5. The minimum Gasteiger partial charge on any atom is -0.497 e. The minimum atomic E-state index is -0.890. The second-order valence-electron chi connectivity index (χ2n) is 9.56. The summed E-state index contributed by atoms with van der Waals surface area (Å²) in [5, 5.41) is 5.87. The molecule has 1 spiro atoms. The van der Waals surface area contributed by atoms with Crippen molar-refractivity contribution < 1.29 is 19.1 Å². The van der Waals surface area contributed by atoms with Crippen molar-refractivity contribution in [2.24, 2.45) is 11.3 Å². The highest BCUT2D eigenvalue weighted by Gasteiger charge is 2.56. The van der Waals surface area contributed by atoms with Crippen molar-refractivity contribution in [3.05, 3.63) is 29.8 Å². The molecule has 1 saturated carbocycles. The number of carbonyl (C=O) groups is 3. The first-order valence-electron chi connectivity index (χ1n) is 10.7. The molecule has 4 amide bonds. The van der Waals surface area contributed by atoms with Crippen molar-refractivity contribution in [3.63, 3.8) is 0 Å². The molecule has 3 rings (SSSR count). The Labute approximate surface area is 178 Å². The van der Waals surface area contributed by atoms with Gasteiger partial charge >= 0.3 is 6.03 Å². The normalized spacial score (nSPS) is 26.4. The van der Waals surface area contributed by atoms with E-state index in [1.807, 2.05) is 31.2 Å². The van der Waals surface area contributed by atoms with Crippen molar-refractivity contribution in [1.82, 2.24) is 15.5 Å². The molecule has 7 heteroatoms. The fourth-order valence-corrected chi connectivity index (χ4v) is 5.29. The molecule has 2 fully saturated rings. The summed E-state index contributed by atoms with van der Waals surface area (Å²) < 4.78 is 5.18. The maximum absolute atomic E-state index is 13.2. The Balaban J connectivity index is 1.68. The molecule has 2 N–H and O–H groups in total. The van der Waals surface area contributed by atoms with E-state index in [0.717, 1.165) is 22.6 Å². The summed E-state index contributed by atoms with van der Waals surface area (Å²) in [7, 11) is 1.60. The Kier molecular flexibility index (Phi) is 6.11. The van der Waals surface area contributed by atoms with Crippen LogP contribution in [0.3, 0.4) is 0 Å². The summed E-state index contributed by atoms with van der Waals surface area (Å²) in [5.74, 6) is 0.446. The predicted octanol–water partition coefficient (Wildman–Crippen LogP) is 3.40. The first-order valence-corrected chi connectivity index (χ1v) is 10.7. The van der Waals surface area contributed by atoms with Gasteiger partial charge in [-0.1, -0.05) is 39.8 Å². The Morgan fingerprint density at radius 3 is 2.50 bits per heavy atom. The van der Waals surface area contributed by atoms with Crippen LogP contribution in [0.4, 0.5) is 4.79 Å². The number of amides is 4. The number of hydrogen-bond donors (Lipinski definition) is 2. The van der Waals surface area contributed by atoms with Gasteiger partial charge in [0.2, 0.25) is 5.91 Å².